The van der Waals surface area contributed by atoms with E-state index in [1.165, 1.54) is 0 Å². The van der Waals surface area contributed by atoms with Crippen molar-refractivity contribution in [2.75, 3.05) is 6.61 Å². The highest BCUT2D eigenvalue weighted by Gasteiger charge is 2.18. The van der Waals surface area contributed by atoms with Crippen molar-refractivity contribution in [2.24, 2.45) is 0 Å². The summed E-state index contributed by atoms with van der Waals surface area (Å²) in [5.41, 5.74) is 2.10. The molecule has 1 atom stereocenters. The smallest absolute Gasteiger partial charge is 0.326 e. The molecule has 5 heteroatoms. The van der Waals surface area contributed by atoms with Gasteiger partial charge in [0.05, 0.1) is 13.0 Å². The Hall–Kier alpha value is -2.04. The summed E-state index contributed by atoms with van der Waals surface area (Å²) in [5, 5.41) is 11.5. The molecule has 1 aromatic rings. The number of carboxylic acid groups (broad SMARTS) is 1. The van der Waals surface area contributed by atoms with Gasteiger partial charge in [0.1, 0.15) is 11.8 Å². The van der Waals surface area contributed by atoms with E-state index in [0.29, 0.717) is 12.8 Å². The second-order valence-electron chi connectivity index (χ2n) is 5.11. The fourth-order valence-electron chi connectivity index (χ4n) is 1.93. The number of hydrogen-bond acceptors (Lipinski definition) is 3. The van der Waals surface area contributed by atoms with Crippen LogP contribution in [0.3, 0.4) is 0 Å². The van der Waals surface area contributed by atoms with E-state index in [2.05, 4.69) is 5.32 Å². The first-order chi connectivity index (χ1) is 9.93. The van der Waals surface area contributed by atoms with Gasteiger partial charge >= 0.3 is 5.97 Å². The third kappa shape index (κ3) is 5.85. The van der Waals surface area contributed by atoms with Gasteiger partial charge in [-0.15, -0.1) is 0 Å². The molecule has 0 aliphatic carbocycles. The van der Waals surface area contributed by atoms with Crippen LogP contribution in [0.5, 0.6) is 5.75 Å². The number of benzene rings is 1. The number of amides is 1. The molecule has 0 fully saturated rings. The highest BCUT2D eigenvalue weighted by atomic mass is 16.5. The summed E-state index contributed by atoms with van der Waals surface area (Å²) in [5.74, 6) is -0.548. The van der Waals surface area contributed by atoms with Crippen molar-refractivity contribution in [3.63, 3.8) is 0 Å². The molecule has 1 rings (SSSR count). The van der Waals surface area contributed by atoms with Gasteiger partial charge in [0.15, 0.2) is 0 Å². The van der Waals surface area contributed by atoms with Gasteiger partial charge < -0.3 is 15.2 Å². The third-order valence-corrected chi connectivity index (χ3v) is 3.14. The van der Waals surface area contributed by atoms with Gasteiger partial charge in [-0.1, -0.05) is 25.5 Å². The monoisotopic (exact) mass is 293 g/mol. The van der Waals surface area contributed by atoms with Crippen LogP contribution in [0, 0.1) is 13.8 Å². The summed E-state index contributed by atoms with van der Waals surface area (Å²) in [6.07, 6.45) is 1.27. The molecule has 1 amide bonds. The minimum atomic E-state index is -0.999. The van der Waals surface area contributed by atoms with Crippen LogP contribution in [-0.2, 0) is 9.59 Å². The van der Waals surface area contributed by atoms with Gasteiger partial charge in [-0.2, -0.15) is 0 Å². The number of nitrogens with one attached hydrogen (secondary N) is 1. The number of carboxylic acids is 1. The molecule has 0 radical (unpaired) electrons. The Morgan fingerprint density at radius 2 is 2.05 bits per heavy atom. The van der Waals surface area contributed by atoms with Gasteiger partial charge in [-0.3, -0.25) is 4.79 Å². The number of aryl methyl sites for hydroxylation is 2. The van der Waals surface area contributed by atoms with Gasteiger partial charge in [0.25, 0.3) is 0 Å². The molecule has 21 heavy (non-hydrogen) atoms. The molecule has 0 aliphatic rings. The lowest BCUT2D eigenvalue weighted by Gasteiger charge is -2.14. The van der Waals surface area contributed by atoms with Gasteiger partial charge in [0, 0.05) is 0 Å². The zero-order chi connectivity index (χ0) is 15.8. The molecule has 116 valence electrons. The van der Waals surface area contributed by atoms with E-state index in [0.717, 1.165) is 16.9 Å². The van der Waals surface area contributed by atoms with Crippen LogP contribution in [0.2, 0.25) is 0 Å². The number of aliphatic carboxylic acids is 1. The number of rotatable bonds is 8. The van der Waals surface area contributed by atoms with E-state index in [-0.39, 0.29) is 18.9 Å². The molecule has 0 heterocycles. The molecule has 0 spiro atoms. The van der Waals surface area contributed by atoms with Crippen LogP contribution in [0.4, 0.5) is 0 Å². The van der Waals surface area contributed by atoms with E-state index < -0.39 is 12.0 Å². The molecule has 1 aromatic carbocycles. The molecule has 2 N–H and O–H groups in total. The SMILES string of the molecule is CCC[C@@H](NC(=O)CCOc1cc(C)ccc1C)C(=O)O. The highest BCUT2D eigenvalue weighted by molar-refractivity contribution is 5.83. The van der Waals surface area contributed by atoms with Crippen molar-refractivity contribution in [3.8, 4) is 5.75 Å². The standard InChI is InChI=1S/C16H23NO4/c1-4-5-13(16(19)20)17-15(18)8-9-21-14-10-11(2)6-7-12(14)3/h6-7,10,13H,4-5,8-9H2,1-3H3,(H,17,18)(H,19,20)/t13-/m1/s1. The third-order valence-electron chi connectivity index (χ3n) is 3.14. The number of carbonyl (C=O) groups is 2. The van der Waals surface area contributed by atoms with Crippen molar-refractivity contribution < 1.29 is 19.4 Å². The quantitative estimate of drug-likeness (QED) is 0.772. The van der Waals surface area contributed by atoms with Crippen LogP contribution in [-0.4, -0.2) is 29.6 Å². The fraction of sp³-hybridized carbons (Fsp3) is 0.500. The maximum absolute atomic E-state index is 11.7. The second-order valence-corrected chi connectivity index (χ2v) is 5.11. The van der Waals surface area contributed by atoms with Gasteiger partial charge in [-0.25, -0.2) is 4.79 Å². The Balaban J connectivity index is 2.42. The largest absolute Gasteiger partial charge is 0.493 e. The first-order valence-corrected chi connectivity index (χ1v) is 7.16. The second kappa shape index (κ2) is 8.29. The molecule has 0 aromatic heterocycles. The molecule has 0 bridgehead atoms. The number of carbonyl (C=O) groups excluding carboxylic acids is 1. The van der Waals surface area contributed by atoms with Crippen molar-refractivity contribution in [1.29, 1.82) is 0 Å². The average molecular weight is 293 g/mol. The summed E-state index contributed by atoms with van der Waals surface area (Å²) in [6, 6.07) is 5.07. The molecule has 0 saturated heterocycles. The fourth-order valence-corrected chi connectivity index (χ4v) is 1.93. The Morgan fingerprint density at radius 3 is 2.67 bits per heavy atom. The van der Waals surface area contributed by atoms with E-state index in [1.54, 1.807) is 0 Å². The normalized spacial score (nSPS) is 11.8. The Labute approximate surface area is 125 Å². The Kier molecular flexibility index (Phi) is 6.72. The molecule has 0 aliphatic heterocycles. The summed E-state index contributed by atoms with van der Waals surface area (Å²) < 4.78 is 5.58. The van der Waals surface area contributed by atoms with E-state index in [4.69, 9.17) is 9.84 Å². The van der Waals surface area contributed by atoms with Gasteiger partial charge in [-0.05, 0) is 37.5 Å². The van der Waals surface area contributed by atoms with Crippen molar-refractivity contribution in [1.82, 2.24) is 5.32 Å². The van der Waals surface area contributed by atoms with E-state index in [1.807, 2.05) is 39.0 Å². The van der Waals surface area contributed by atoms with Crippen LogP contribution in [0.25, 0.3) is 0 Å². The Morgan fingerprint density at radius 1 is 1.33 bits per heavy atom. The topological polar surface area (TPSA) is 75.6 Å². The molecular formula is C16H23NO4. The lowest BCUT2D eigenvalue weighted by atomic mass is 10.1. The minimum Gasteiger partial charge on any atom is -0.493 e. The molecule has 0 saturated carbocycles. The lowest BCUT2D eigenvalue weighted by molar-refractivity contribution is -0.142. The summed E-state index contributed by atoms with van der Waals surface area (Å²) >= 11 is 0. The zero-order valence-corrected chi connectivity index (χ0v) is 12.8. The molecule has 5 nitrogen and oxygen atoms in total. The van der Waals surface area contributed by atoms with Crippen LogP contribution in [0.1, 0.15) is 37.3 Å². The van der Waals surface area contributed by atoms with E-state index in [9.17, 15) is 9.59 Å². The maximum atomic E-state index is 11.7. The maximum Gasteiger partial charge on any atom is 0.326 e. The summed E-state index contributed by atoms with van der Waals surface area (Å²) in [4.78, 5) is 22.7. The van der Waals surface area contributed by atoms with Crippen molar-refractivity contribution in [3.05, 3.63) is 29.3 Å². The lowest BCUT2D eigenvalue weighted by Crippen LogP contribution is -2.41. The summed E-state index contributed by atoms with van der Waals surface area (Å²) in [6.45, 7) is 6.03. The zero-order valence-electron chi connectivity index (χ0n) is 12.8. The first-order valence-electron chi connectivity index (χ1n) is 7.16. The minimum absolute atomic E-state index is 0.140. The van der Waals surface area contributed by atoms with Crippen LogP contribution < -0.4 is 10.1 Å². The van der Waals surface area contributed by atoms with Crippen molar-refractivity contribution in [2.45, 2.75) is 46.1 Å². The highest BCUT2D eigenvalue weighted by Crippen LogP contribution is 2.19. The predicted molar refractivity (Wildman–Crippen MR) is 80.5 cm³/mol. The van der Waals surface area contributed by atoms with Crippen LogP contribution >= 0.6 is 0 Å². The van der Waals surface area contributed by atoms with Crippen LogP contribution in [0.15, 0.2) is 18.2 Å². The number of ether oxygens (including phenoxy) is 1. The first kappa shape index (κ1) is 17.0. The van der Waals surface area contributed by atoms with E-state index >= 15 is 0 Å². The molecular weight excluding hydrogens is 270 g/mol. The van der Waals surface area contributed by atoms with Crippen molar-refractivity contribution >= 4 is 11.9 Å². The van der Waals surface area contributed by atoms with Gasteiger partial charge in [0.2, 0.25) is 5.91 Å². The average Bonchev–Trinajstić information content (AvgIpc) is 2.42. The molecule has 0 unspecified atom stereocenters. The number of hydrogen-bond donors (Lipinski definition) is 2. The Bertz CT molecular complexity index is 499. The summed E-state index contributed by atoms with van der Waals surface area (Å²) in [7, 11) is 0. The predicted octanol–water partition coefficient (Wildman–Crippen LogP) is 2.44.